The van der Waals surface area contributed by atoms with Crippen molar-refractivity contribution in [3.05, 3.63) is 76.6 Å². The van der Waals surface area contributed by atoms with Gasteiger partial charge in [-0.15, -0.1) is 0 Å². The van der Waals surface area contributed by atoms with Crippen LogP contribution in [0.3, 0.4) is 0 Å². The minimum atomic E-state index is -0.733. The third kappa shape index (κ3) is 2.98. The zero-order chi connectivity index (χ0) is 21.9. The van der Waals surface area contributed by atoms with Crippen molar-refractivity contribution in [2.24, 2.45) is 0 Å². The predicted molar refractivity (Wildman–Crippen MR) is 112 cm³/mol. The van der Waals surface area contributed by atoms with Gasteiger partial charge in [0.25, 0.3) is 5.95 Å². The number of aromatic nitrogens is 4. The first-order chi connectivity index (χ1) is 14.8. The van der Waals surface area contributed by atoms with Gasteiger partial charge in [0.1, 0.15) is 17.5 Å². The summed E-state index contributed by atoms with van der Waals surface area (Å²) >= 11 is 0. The summed E-state index contributed by atoms with van der Waals surface area (Å²) in [5.41, 5.74) is 2.23. The molecular weight excluding hydrogens is 400 g/mol. The lowest BCUT2D eigenvalue weighted by molar-refractivity contribution is -0.119. The first-order valence-corrected chi connectivity index (χ1v) is 9.87. The highest BCUT2D eigenvalue weighted by Gasteiger charge is 2.41. The molecule has 6 nitrogen and oxygen atoms in total. The van der Waals surface area contributed by atoms with Gasteiger partial charge in [0, 0.05) is 23.1 Å². The molecule has 0 unspecified atom stereocenters. The maximum Gasteiger partial charge on any atom is 0.253 e. The van der Waals surface area contributed by atoms with Gasteiger partial charge in [0.05, 0.1) is 16.6 Å². The van der Waals surface area contributed by atoms with Crippen molar-refractivity contribution >= 4 is 22.6 Å². The lowest BCUT2D eigenvalue weighted by Gasteiger charge is -2.16. The zero-order valence-corrected chi connectivity index (χ0v) is 17.2. The molecular formula is C23H19F2N5O. The lowest BCUT2D eigenvalue weighted by Crippen LogP contribution is -2.27. The van der Waals surface area contributed by atoms with E-state index in [1.54, 1.807) is 24.3 Å². The molecule has 0 bridgehead atoms. The molecule has 0 saturated carbocycles. The molecule has 8 heteroatoms. The number of hydrogen-bond acceptors (Lipinski definition) is 4. The molecule has 0 saturated heterocycles. The molecule has 1 N–H and O–H groups in total. The predicted octanol–water partition coefficient (Wildman–Crippen LogP) is 4.22. The fourth-order valence-electron chi connectivity index (χ4n) is 4.13. The normalized spacial score (nSPS) is 14.7. The highest BCUT2D eigenvalue weighted by atomic mass is 19.1. The lowest BCUT2D eigenvalue weighted by atomic mass is 9.86. The first-order valence-electron chi connectivity index (χ1n) is 9.87. The van der Waals surface area contributed by atoms with Crippen molar-refractivity contribution in [1.29, 1.82) is 0 Å². The third-order valence-corrected chi connectivity index (χ3v) is 5.73. The average molecular weight is 419 g/mol. The summed E-state index contributed by atoms with van der Waals surface area (Å²) in [4.78, 5) is 21.5. The molecule has 2 aromatic carbocycles. The van der Waals surface area contributed by atoms with Crippen LogP contribution in [-0.4, -0.2) is 25.7 Å². The van der Waals surface area contributed by atoms with Crippen molar-refractivity contribution in [2.45, 2.75) is 32.6 Å². The summed E-state index contributed by atoms with van der Waals surface area (Å²) < 4.78 is 29.8. The van der Waals surface area contributed by atoms with Crippen LogP contribution in [0.25, 0.3) is 16.9 Å². The van der Waals surface area contributed by atoms with E-state index in [1.807, 2.05) is 20.8 Å². The standard InChI is InChI=1S/C23H19F2N5O/c1-12-19-20(27-21(31)23(19,2)3)28-22(26-12)30-18-9-8-14(24)11-15(18)17(29-30)10-13-6-4-5-7-16(13)25/h4-9,11H,10H2,1-3H3,(H,26,27,28,31). The fraction of sp³-hybridized carbons (Fsp3) is 0.217. The van der Waals surface area contributed by atoms with Gasteiger partial charge in [0.15, 0.2) is 0 Å². The smallest absolute Gasteiger partial charge is 0.253 e. The van der Waals surface area contributed by atoms with E-state index in [4.69, 9.17) is 0 Å². The van der Waals surface area contributed by atoms with Crippen molar-refractivity contribution in [3.8, 4) is 5.95 Å². The number of nitrogens with zero attached hydrogens (tertiary/aromatic N) is 4. The van der Waals surface area contributed by atoms with Crippen molar-refractivity contribution in [2.75, 3.05) is 5.32 Å². The molecule has 0 fully saturated rings. The summed E-state index contributed by atoms with van der Waals surface area (Å²) in [6, 6.07) is 10.7. The SMILES string of the molecule is Cc1nc(-n2nc(Cc3ccccc3F)c3cc(F)ccc32)nc2c1C(C)(C)C(=O)N2. The van der Waals surface area contributed by atoms with Gasteiger partial charge in [-0.1, -0.05) is 18.2 Å². The highest BCUT2D eigenvalue weighted by Crippen LogP contribution is 2.38. The molecule has 156 valence electrons. The Morgan fingerprint density at radius 2 is 1.87 bits per heavy atom. The number of halogens is 2. The molecule has 5 rings (SSSR count). The molecule has 2 aromatic heterocycles. The number of fused-ring (bicyclic) bond motifs is 2. The maximum atomic E-state index is 14.2. The van der Waals surface area contributed by atoms with Crippen LogP contribution >= 0.6 is 0 Å². The number of hydrogen-bond donors (Lipinski definition) is 1. The van der Waals surface area contributed by atoms with Crippen molar-refractivity contribution in [3.63, 3.8) is 0 Å². The monoisotopic (exact) mass is 419 g/mol. The molecule has 1 aliphatic rings. The second-order valence-electron chi connectivity index (χ2n) is 8.20. The summed E-state index contributed by atoms with van der Waals surface area (Å²) in [5.74, 6) is -0.215. The van der Waals surface area contributed by atoms with Crippen LogP contribution in [0.2, 0.25) is 0 Å². The van der Waals surface area contributed by atoms with E-state index in [0.717, 1.165) is 5.56 Å². The van der Waals surface area contributed by atoms with Crippen LogP contribution in [0.5, 0.6) is 0 Å². The second-order valence-corrected chi connectivity index (χ2v) is 8.20. The Labute approximate surface area is 177 Å². The van der Waals surface area contributed by atoms with Crippen LogP contribution in [0.1, 0.15) is 36.4 Å². The summed E-state index contributed by atoms with van der Waals surface area (Å²) in [7, 11) is 0. The minimum absolute atomic E-state index is 0.148. The van der Waals surface area contributed by atoms with E-state index < -0.39 is 11.2 Å². The Morgan fingerprint density at radius 1 is 1.10 bits per heavy atom. The topological polar surface area (TPSA) is 72.7 Å². The van der Waals surface area contributed by atoms with E-state index in [0.29, 0.717) is 33.7 Å². The Morgan fingerprint density at radius 3 is 2.65 bits per heavy atom. The summed E-state index contributed by atoms with van der Waals surface area (Å²) in [6.07, 6.45) is 0.188. The summed E-state index contributed by atoms with van der Waals surface area (Å²) in [5, 5.41) is 7.96. The molecule has 0 atom stereocenters. The van der Waals surface area contributed by atoms with Crippen LogP contribution in [-0.2, 0) is 16.6 Å². The van der Waals surface area contributed by atoms with Crippen LogP contribution in [0.15, 0.2) is 42.5 Å². The Hall–Kier alpha value is -3.68. The quantitative estimate of drug-likeness (QED) is 0.540. The number of anilines is 1. The first kappa shape index (κ1) is 19.3. The van der Waals surface area contributed by atoms with E-state index in [2.05, 4.69) is 20.4 Å². The van der Waals surface area contributed by atoms with E-state index in [-0.39, 0.29) is 24.1 Å². The summed E-state index contributed by atoms with van der Waals surface area (Å²) in [6.45, 7) is 5.46. The number of carbonyl (C=O) groups is 1. The maximum absolute atomic E-state index is 14.2. The number of nitrogens with one attached hydrogen (secondary N) is 1. The van der Waals surface area contributed by atoms with Crippen LogP contribution < -0.4 is 5.32 Å². The highest BCUT2D eigenvalue weighted by molar-refractivity contribution is 6.05. The molecule has 0 aliphatic carbocycles. The van der Waals surface area contributed by atoms with Crippen molar-refractivity contribution < 1.29 is 13.6 Å². The van der Waals surface area contributed by atoms with Crippen LogP contribution in [0.4, 0.5) is 14.6 Å². The second kappa shape index (κ2) is 6.66. The zero-order valence-electron chi connectivity index (χ0n) is 17.2. The molecule has 0 spiro atoms. The number of rotatable bonds is 3. The van der Waals surface area contributed by atoms with Crippen molar-refractivity contribution in [1.82, 2.24) is 19.7 Å². The van der Waals surface area contributed by atoms with Gasteiger partial charge in [-0.2, -0.15) is 14.8 Å². The van der Waals surface area contributed by atoms with Gasteiger partial charge < -0.3 is 5.32 Å². The van der Waals surface area contributed by atoms with E-state index in [9.17, 15) is 13.6 Å². The molecule has 1 amide bonds. The van der Waals surface area contributed by atoms with Gasteiger partial charge >= 0.3 is 0 Å². The number of aryl methyl sites for hydroxylation is 1. The number of benzene rings is 2. The largest absolute Gasteiger partial charge is 0.309 e. The Bertz CT molecular complexity index is 1380. The Kier molecular flexibility index (Phi) is 4.15. The molecule has 1 aliphatic heterocycles. The fourth-order valence-corrected chi connectivity index (χ4v) is 4.13. The number of amides is 1. The van der Waals surface area contributed by atoms with E-state index in [1.165, 1.54) is 22.9 Å². The van der Waals surface area contributed by atoms with Gasteiger partial charge in [-0.3, -0.25) is 4.79 Å². The molecule has 31 heavy (non-hydrogen) atoms. The third-order valence-electron chi connectivity index (χ3n) is 5.73. The van der Waals surface area contributed by atoms with Crippen LogP contribution in [0, 0.1) is 18.6 Å². The molecule has 4 aromatic rings. The van der Waals surface area contributed by atoms with Gasteiger partial charge in [-0.25, -0.2) is 13.8 Å². The average Bonchev–Trinajstić information content (AvgIpc) is 3.17. The number of carbonyl (C=O) groups excluding carboxylic acids is 1. The van der Waals surface area contributed by atoms with Gasteiger partial charge in [0.2, 0.25) is 5.91 Å². The van der Waals surface area contributed by atoms with E-state index >= 15 is 0 Å². The Balaban J connectivity index is 1.69. The molecule has 0 radical (unpaired) electrons. The minimum Gasteiger partial charge on any atom is -0.309 e. The molecule has 3 heterocycles. The van der Waals surface area contributed by atoms with Gasteiger partial charge in [-0.05, 0) is 50.6 Å².